The van der Waals surface area contributed by atoms with Crippen LogP contribution in [0.15, 0.2) is 72.8 Å². The number of amides is 2. The van der Waals surface area contributed by atoms with Gasteiger partial charge < -0.3 is 19.9 Å². The van der Waals surface area contributed by atoms with Crippen LogP contribution in [0.1, 0.15) is 22.8 Å². The summed E-state index contributed by atoms with van der Waals surface area (Å²) < 4.78 is 5.56. The molecule has 3 aromatic rings. The van der Waals surface area contributed by atoms with Gasteiger partial charge in [-0.25, -0.2) is 0 Å². The minimum absolute atomic E-state index is 0.0490. The number of benzene rings is 3. The molecule has 1 aliphatic rings. The van der Waals surface area contributed by atoms with Crippen LogP contribution in [0.4, 0.5) is 11.4 Å². The van der Waals surface area contributed by atoms with Gasteiger partial charge in [-0.2, -0.15) is 0 Å². The average molecular weight is 478 g/mol. The van der Waals surface area contributed by atoms with E-state index in [9.17, 15) is 9.59 Å². The summed E-state index contributed by atoms with van der Waals surface area (Å²) in [5.74, 6) is 0.454. The number of piperazine rings is 1. The summed E-state index contributed by atoms with van der Waals surface area (Å²) in [4.78, 5) is 29.0. The Hall–Kier alpha value is -3.51. The Bertz CT molecular complexity index is 1130. The minimum atomic E-state index is -0.253. The van der Waals surface area contributed by atoms with Crippen molar-refractivity contribution < 1.29 is 14.3 Å². The normalized spacial score (nSPS) is 13.5. The summed E-state index contributed by atoms with van der Waals surface area (Å²) in [6.45, 7) is 4.64. The van der Waals surface area contributed by atoms with Crippen molar-refractivity contribution in [2.75, 3.05) is 43.0 Å². The van der Waals surface area contributed by atoms with Gasteiger partial charge >= 0.3 is 0 Å². The van der Waals surface area contributed by atoms with E-state index in [0.29, 0.717) is 48.2 Å². The molecule has 1 aliphatic heterocycles. The largest absolute Gasteiger partial charge is 0.484 e. The summed E-state index contributed by atoms with van der Waals surface area (Å²) in [5.41, 5.74) is 3.42. The van der Waals surface area contributed by atoms with Crippen LogP contribution in [0.3, 0.4) is 0 Å². The number of anilines is 2. The number of hydrogen-bond acceptors (Lipinski definition) is 4. The zero-order chi connectivity index (χ0) is 23.9. The average Bonchev–Trinajstić information content (AvgIpc) is 2.88. The fourth-order valence-corrected chi connectivity index (χ4v) is 4.22. The SMILES string of the molecule is CCc1ccc(OCC(=O)Nc2ccc(N3CCN(C(=O)c4ccccc4)CC3)c(Cl)c2)cc1. The second-order valence-corrected chi connectivity index (χ2v) is 8.55. The summed E-state index contributed by atoms with van der Waals surface area (Å²) in [6.07, 6.45) is 0.957. The molecule has 0 spiro atoms. The van der Waals surface area contributed by atoms with Gasteiger partial charge in [0.1, 0.15) is 5.75 Å². The Labute approximate surface area is 205 Å². The Balaban J connectivity index is 1.29. The van der Waals surface area contributed by atoms with E-state index in [4.69, 9.17) is 16.3 Å². The maximum Gasteiger partial charge on any atom is 0.262 e. The van der Waals surface area contributed by atoms with E-state index < -0.39 is 0 Å². The van der Waals surface area contributed by atoms with Crippen molar-refractivity contribution in [3.05, 3.63) is 88.9 Å². The third-order valence-electron chi connectivity index (χ3n) is 5.86. The van der Waals surface area contributed by atoms with Gasteiger partial charge in [0.25, 0.3) is 11.8 Å². The van der Waals surface area contributed by atoms with Crippen LogP contribution < -0.4 is 15.0 Å². The summed E-state index contributed by atoms with van der Waals surface area (Å²) >= 11 is 6.54. The lowest BCUT2D eigenvalue weighted by Gasteiger charge is -2.36. The van der Waals surface area contributed by atoms with Crippen LogP contribution in [-0.2, 0) is 11.2 Å². The van der Waals surface area contributed by atoms with Gasteiger partial charge in [-0.3, -0.25) is 9.59 Å². The van der Waals surface area contributed by atoms with Crippen LogP contribution in [0.5, 0.6) is 5.75 Å². The third-order valence-corrected chi connectivity index (χ3v) is 6.16. The molecule has 34 heavy (non-hydrogen) atoms. The van der Waals surface area contributed by atoms with E-state index in [1.54, 1.807) is 6.07 Å². The molecule has 6 nitrogen and oxygen atoms in total. The number of ether oxygens (including phenoxy) is 1. The number of carbonyl (C=O) groups excluding carboxylic acids is 2. The highest BCUT2D eigenvalue weighted by Gasteiger charge is 2.23. The van der Waals surface area contributed by atoms with Crippen molar-refractivity contribution >= 4 is 34.8 Å². The van der Waals surface area contributed by atoms with Gasteiger partial charge in [0, 0.05) is 37.4 Å². The monoisotopic (exact) mass is 477 g/mol. The molecule has 1 saturated heterocycles. The molecule has 2 amide bonds. The fraction of sp³-hybridized carbons (Fsp3) is 0.259. The van der Waals surface area contributed by atoms with E-state index in [1.807, 2.05) is 71.6 Å². The third kappa shape index (κ3) is 5.88. The van der Waals surface area contributed by atoms with Crippen molar-refractivity contribution in [3.8, 4) is 5.75 Å². The summed E-state index contributed by atoms with van der Waals surface area (Å²) in [7, 11) is 0. The Morgan fingerprint density at radius 2 is 1.65 bits per heavy atom. The number of carbonyl (C=O) groups is 2. The van der Waals surface area contributed by atoms with Crippen molar-refractivity contribution in [3.63, 3.8) is 0 Å². The van der Waals surface area contributed by atoms with Crippen LogP contribution in [-0.4, -0.2) is 49.5 Å². The molecule has 0 unspecified atom stereocenters. The van der Waals surface area contributed by atoms with Crippen LogP contribution in [0, 0.1) is 0 Å². The first-order chi connectivity index (χ1) is 16.5. The van der Waals surface area contributed by atoms with Crippen molar-refractivity contribution in [1.29, 1.82) is 0 Å². The quantitative estimate of drug-likeness (QED) is 0.526. The molecule has 0 aromatic heterocycles. The van der Waals surface area contributed by atoms with Crippen LogP contribution in [0.25, 0.3) is 0 Å². The van der Waals surface area contributed by atoms with Gasteiger partial charge in [-0.05, 0) is 54.4 Å². The highest BCUT2D eigenvalue weighted by Crippen LogP contribution is 2.30. The second kappa shape index (κ2) is 11.1. The minimum Gasteiger partial charge on any atom is -0.484 e. The molecule has 1 fully saturated rings. The molecule has 176 valence electrons. The first kappa shape index (κ1) is 23.6. The van der Waals surface area contributed by atoms with E-state index in [-0.39, 0.29) is 18.4 Å². The number of halogens is 1. The molecule has 7 heteroatoms. The fourth-order valence-electron chi connectivity index (χ4n) is 3.92. The lowest BCUT2D eigenvalue weighted by molar-refractivity contribution is -0.118. The number of aryl methyl sites for hydroxylation is 1. The topological polar surface area (TPSA) is 61.9 Å². The van der Waals surface area contributed by atoms with Crippen molar-refractivity contribution in [2.45, 2.75) is 13.3 Å². The molecular formula is C27H28ClN3O3. The Morgan fingerprint density at radius 3 is 2.29 bits per heavy atom. The molecule has 1 N–H and O–H groups in total. The second-order valence-electron chi connectivity index (χ2n) is 8.15. The standard InChI is InChI=1S/C27H28ClN3O3/c1-2-20-8-11-23(12-9-20)34-19-26(32)29-22-10-13-25(24(28)18-22)30-14-16-31(17-15-30)27(33)21-6-4-3-5-7-21/h3-13,18H,2,14-17,19H2,1H3,(H,29,32). The van der Waals surface area contributed by atoms with Gasteiger partial charge in [0.15, 0.2) is 6.61 Å². The molecule has 1 heterocycles. The van der Waals surface area contributed by atoms with E-state index in [0.717, 1.165) is 12.1 Å². The molecule has 0 bridgehead atoms. The number of nitrogens with zero attached hydrogens (tertiary/aromatic N) is 2. The molecule has 0 saturated carbocycles. The molecular weight excluding hydrogens is 450 g/mol. The molecule has 0 atom stereocenters. The number of hydrogen-bond donors (Lipinski definition) is 1. The number of nitrogens with one attached hydrogen (secondary N) is 1. The molecule has 4 rings (SSSR count). The van der Waals surface area contributed by atoms with Gasteiger partial charge in [0.2, 0.25) is 0 Å². The molecule has 0 aliphatic carbocycles. The molecule has 3 aromatic carbocycles. The lowest BCUT2D eigenvalue weighted by Crippen LogP contribution is -2.48. The summed E-state index contributed by atoms with van der Waals surface area (Å²) in [6, 6.07) is 22.5. The first-order valence-electron chi connectivity index (χ1n) is 11.4. The van der Waals surface area contributed by atoms with E-state index in [2.05, 4.69) is 17.1 Å². The van der Waals surface area contributed by atoms with E-state index in [1.165, 1.54) is 5.56 Å². The maximum atomic E-state index is 12.7. The smallest absolute Gasteiger partial charge is 0.262 e. The zero-order valence-electron chi connectivity index (χ0n) is 19.2. The first-order valence-corrected chi connectivity index (χ1v) is 11.8. The predicted octanol–water partition coefficient (Wildman–Crippen LogP) is 4.88. The highest BCUT2D eigenvalue weighted by molar-refractivity contribution is 6.33. The van der Waals surface area contributed by atoms with Gasteiger partial charge in [0.05, 0.1) is 10.7 Å². The Morgan fingerprint density at radius 1 is 0.941 bits per heavy atom. The van der Waals surface area contributed by atoms with Crippen molar-refractivity contribution in [2.24, 2.45) is 0 Å². The predicted molar refractivity (Wildman–Crippen MR) is 136 cm³/mol. The van der Waals surface area contributed by atoms with Crippen LogP contribution in [0.2, 0.25) is 5.02 Å². The van der Waals surface area contributed by atoms with E-state index >= 15 is 0 Å². The number of rotatable bonds is 7. The van der Waals surface area contributed by atoms with Crippen LogP contribution >= 0.6 is 11.6 Å². The maximum absolute atomic E-state index is 12.7. The lowest BCUT2D eigenvalue weighted by atomic mass is 10.1. The molecule has 0 radical (unpaired) electrons. The van der Waals surface area contributed by atoms with Gasteiger partial charge in [-0.15, -0.1) is 0 Å². The van der Waals surface area contributed by atoms with Gasteiger partial charge in [-0.1, -0.05) is 48.9 Å². The summed E-state index contributed by atoms with van der Waals surface area (Å²) in [5, 5.41) is 3.38. The Kier molecular flexibility index (Phi) is 7.70. The van der Waals surface area contributed by atoms with Crippen molar-refractivity contribution in [1.82, 2.24) is 4.90 Å². The highest BCUT2D eigenvalue weighted by atomic mass is 35.5. The zero-order valence-corrected chi connectivity index (χ0v) is 19.9.